The molecule has 0 saturated heterocycles. The number of likely N-dealkylation sites (N-methyl/N-ethyl adjacent to an activating group) is 1. The summed E-state index contributed by atoms with van der Waals surface area (Å²) in [5.41, 5.74) is -0.898. The fourth-order valence-electron chi connectivity index (χ4n) is 2.46. The lowest BCUT2D eigenvalue weighted by molar-refractivity contribution is -0.160. The number of carbonyl (C=O) groups excluding carboxylic acids is 2. The van der Waals surface area contributed by atoms with Gasteiger partial charge in [-0.3, -0.25) is 4.79 Å². The lowest BCUT2D eigenvalue weighted by Crippen LogP contribution is -2.51. The molecule has 136 valence electrons. The van der Waals surface area contributed by atoms with E-state index in [9.17, 15) is 9.59 Å². The van der Waals surface area contributed by atoms with E-state index in [0.29, 0.717) is 6.61 Å². The van der Waals surface area contributed by atoms with Gasteiger partial charge < -0.3 is 9.64 Å². The summed E-state index contributed by atoms with van der Waals surface area (Å²) in [5, 5.41) is 0. The van der Waals surface area contributed by atoms with Gasteiger partial charge >= 0.3 is 5.97 Å². The molecule has 0 rings (SSSR count). The number of hydrogen-bond donors (Lipinski definition) is 0. The van der Waals surface area contributed by atoms with E-state index in [1.165, 1.54) is 63.2 Å². The number of amides is 1. The molecular formula is C19H37NO3. The number of esters is 1. The van der Waals surface area contributed by atoms with Crippen molar-refractivity contribution in [3.8, 4) is 0 Å². The van der Waals surface area contributed by atoms with E-state index >= 15 is 0 Å². The van der Waals surface area contributed by atoms with Gasteiger partial charge in [-0.05, 0) is 20.3 Å². The second kappa shape index (κ2) is 12.4. The number of nitrogens with zero attached hydrogens (tertiary/aromatic N) is 1. The highest BCUT2D eigenvalue weighted by Gasteiger charge is 2.35. The first kappa shape index (κ1) is 21.9. The summed E-state index contributed by atoms with van der Waals surface area (Å²) in [6, 6.07) is 0. The number of carbonyl (C=O) groups is 2. The molecule has 0 fully saturated rings. The van der Waals surface area contributed by atoms with E-state index in [1.54, 1.807) is 20.9 Å². The summed E-state index contributed by atoms with van der Waals surface area (Å²) >= 11 is 0. The second-order valence-electron chi connectivity index (χ2n) is 6.95. The third-order valence-corrected chi connectivity index (χ3v) is 4.54. The summed E-state index contributed by atoms with van der Waals surface area (Å²) in [4.78, 5) is 24.9. The van der Waals surface area contributed by atoms with Gasteiger partial charge in [-0.25, -0.2) is 4.79 Å². The SMILES string of the molecule is CCCCCCCCCCCCOC(=O)C(C)(C)N(C)C(C)=O. The topological polar surface area (TPSA) is 46.6 Å². The average molecular weight is 328 g/mol. The van der Waals surface area contributed by atoms with Crippen molar-refractivity contribution in [2.45, 2.75) is 97.4 Å². The molecule has 0 radical (unpaired) electrons. The van der Waals surface area contributed by atoms with Crippen LogP contribution in [0.15, 0.2) is 0 Å². The Hall–Kier alpha value is -1.06. The smallest absolute Gasteiger partial charge is 0.331 e. The third kappa shape index (κ3) is 9.62. The average Bonchev–Trinajstić information content (AvgIpc) is 2.51. The molecule has 0 unspecified atom stereocenters. The minimum atomic E-state index is -0.898. The van der Waals surface area contributed by atoms with E-state index in [0.717, 1.165) is 12.8 Å². The monoisotopic (exact) mass is 327 g/mol. The fourth-order valence-corrected chi connectivity index (χ4v) is 2.46. The molecule has 0 aromatic heterocycles. The predicted octanol–water partition coefficient (Wildman–Crippen LogP) is 4.71. The van der Waals surface area contributed by atoms with Crippen LogP contribution in [0, 0.1) is 0 Å². The summed E-state index contributed by atoms with van der Waals surface area (Å²) in [7, 11) is 1.63. The Kier molecular flexibility index (Phi) is 11.8. The Morgan fingerprint density at radius 3 is 1.74 bits per heavy atom. The number of ether oxygens (including phenoxy) is 1. The van der Waals surface area contributed by atoms with Crippen molar-refractivity contribution in [1.29, 1.82) is 0 Å². The normalized spacial score (nSPS) is 11.3. The van der Waals surface area contributed by atoms with Gasteiger partial charge in [-0.15, -0.1) is 0 Å². The van der Waals surface area contributed by atoms with Crippen LogP contribution in [0.4, 0.5) is 0 Å². The first-order chi connectivity index (χ1) is 10.8. The first-order valence-electron chi connectivity index (χ1n) is 9.25. The molecule has 1 amide bonds. The van der Waals surface area contributed by atoms with Crippen molar-refractivity contribution in [3.05, 3.63) is 0 Å². The van der Waals surface area contributed by atoms with Gasteiger partial charge in [0, 0.05) is 14.0 Å². The van der Waals surface area contributed by atoms with Crippen molar-refractivity contribution in [2.75, 3.05) is 13.7 Å². The molecule has 4 heteroatoms. The van der Waals surface area contributed by atoms with Gasteiger partial charge in [-0.2, -0.15) is 0 Å². The summed E-state index contributed by atoms with van der Waals surface area (Å²) in [5.74, 6) is -0.461. The molecule has 0 atom stereocenters. The highest BCUT2D eigenvalue weighted by atomic mass is 16.5. The highest BCUT2D eigenvalue weighted by Crippen LogP contribution is 2.15. The van der Waals surface area contributed by atoms with Crippen molar-refractivity contribution < 1.29 is 14.3 Å². The van der Waals surface area contributed by atoms with E-state index in [2.05, 4.69) is 6.92 Å². The van der Waals surface area contributed by atoms with Gasteiger partial charge in [0.25, 0.3) is 0 Å². The molecule has 0 saturated carbocycles. The quantitative estimate of drug-likeness (QED) is 0.363. The standard InChI is InChI=1S/C19H37NO3/c1-6-7-8-9-10-11-12-13-14-15-16-23-18(22)19(3,4)20(5)17(2)21/h6-16H2,1-5H3. The molecule has 0 aromatic carbocycles. The van der Waals surface area contributed by atoms with E-state index < -0.39 is 5.54 Å². The van der Waals surface area contributed by atoms with Crippen molar-refractivity contribution >= 4 is 11.9 Å². The van der Waals surface area contributed by atoms with Crippen molar-refractivity contribution in [2.24, 2.45) is 0 Å². The summed E-state index contributed by atoms with van der Waals surface area (Å²) < 4.78 is 5.32. The second-order valence-corrected chi connectivity index (χ2v) is 6.95. The number of unbranched alkanes of at least 4 members (excludes halogenated alkanes) is 9. The summed E-state index contributed by atoms with van der Waals surface area (Å²) in [6.45, 7) is 7.58. The van der Waals surface area contributed by atoms with Crippen LogP contribution in [-0.4, -0.2) is 36.0 Å². The van der Waals surface area contributed by atoms with E-state index in [4.69, 9.17) is 4.74 Å². The van der Waals surface area contributed by atoms with Crippen LogP contribution in [0.3, 0.4) is 0 Å². The van der Waals surface area contributed by atoms with Crippen LogP contribution in [0.25, 0.3) is 0 Å². The maximum Gasteiger partial charge on any atom is 0.331 e. The third-order valence-electron chi connectivity index (χ3n) is 4.54. The van der Waals surface area contributed by atoms with Gasteiger partial charge in [-0.1, -0.05) is 64.7 Å². The Bertz CT molecular complexity index is 340. The zero-order chi connectivity index (χ0) is 17.7. The molecule has 0 N–H and O–H groups in total. The molecule has 0 aliphatic heterocycles. The first-order valence-corrected chi connectivity index (χ1v) is 9.25. The highest BCUT2D eigenvalue weighted by molar-refractivity contribution is 5.86. The van der Waals surface area contributed by atoms with Crippen molar-refractivity contribution in [3.63, 3.8) is 0 Å². The predicted molar refractivity (Wildman–Crippen MR) is 95.3 cm³/mol. The molecule has 0 aliphatic rings. The van der Waals surface area contributed by atoms with Gasteiger partial charge in [0.2, 0.25) is 5.91 Å². The lowest BCUT2D eigenvalue weighted by Gasteiger charge is -2.32. The van der Waals surface area contributed by atoms with Gasteiger partial charge in [0.15, 0.2) is 0 Å². The molecule has 4 nitrogen and oxygen atoms in total. The summed E-state index contributed by atoms with van der Waals surface area (Å²) in [6.07, 6.45) is 12.6. The Labute approximate surface area is 143 Å². The molecule has 0 aromatic rings. The largest absolute Gasteiger partial charge is 0.464 e. The molecule has 0 heterocycles. The number of rotatable bonds is 13. The zero-order valence-corrected chi connectivity index (χ0v) is 16.0. The Morgan fingerprint density at radius 1 is 0.870 bits per heavy atom. The Morgan fingerprint density at radius 2 is 1.30 bits per heavy atom. The Balaban J connectivity index is 3.61. The van der Waals surface area contributed by atoms with Crippen LogP contribution in [0.2, 0.25) is 0 Å². The minimum absolute atomic E-state index is 0.133. The van der Waals surface area contributed by atoms with Crippen LogP contribution in [0.5, 0.6) is 0 Å². The van der Waals surface area contributed by atoms with E-state index in [-0.39, 0.29) is 11.9 Å². The zero-order valence-electron chi connectivity index (χ0n) is 16.0. The molecular weight excluding hydrogens is 290 g/mol. The minimum Gasteiger partial charge on any atom is -0.464 e. The van der Waals surface area contributed by atoms with E-state index in [1.807, 2.05) is 0 Å². The number of hydrogen-bond acceptors (Lipinski definition) is 3. The lowest BCUT2D eigenvalue weighted by atomic mass is 10.0. The molecule has 23 heavy (non-hydrogen) atoms. The van der Waals surface area contributed by atoms with Crippen molar-refractivity contribution in [1.82, 2.24) is 4.90 Å². The van der Waals surface area contributed by atoms with Crippen LogP contribution < -0.4 is 0 Å². The molecule has 0 aliphatic carbocycles. The van der Waals surface area contributed by atoms with Crippen LogP contribution >= 0.6 is 0 Å². The van der Waals surface area contributed by atoms with Gasteiger partial charge in [0.1, 0.15) is 5.54 Å². The maximum atomic E-state index is 12.1. The van der Waals surface area contributed by atoms with Crippen LogP contribution in [0.1, 0.15) is 91.9 Å². The molecule has 0 bridgehead atoms. The maximum absolute atomic E-state index is 12.1. The van der Waals surface area contributed by atoms with Crippen LogP contribution in [-0.2, 0) is 14.3 Å². The molecule has 0 spiro atoms. The fraction of sp³-hybridized carbons (Fsp3) is 0.895. The van der Waals surface area contributed by atoms with Gasteiger partial charge in [0.05, 0.1) is 6.61 Å².